The predicted octanol–water partition coefficient (Wildman–Crippen LogP) is 3.49. The molecule has 0 radical (unpaired) electrons. The maximum Gasteiger partial charge on any atom is 0.129 e. The third-order valence-electron chi connectivity index (χ3n) is 4.28. The van der Waals surface area contributed by atoms with E-state index in [1.807, 2.05) is 17.0 Å². The van der Waals surface area contributed by atoms with Gasteiger partial charge in [-0.05, 0) is 47.9 Å². The van der Waals surface area contributed by atoms with Gasteiger partial charge < -0.3 is 10.2 Å². The number of phenolic OH excluding ortho intramolecular Hbond substituents is 1. The Kier molecular flexibility index (Phi) is 4.92. The molecule has 0 bridgehead atoms. The number of benzene rings is 2. The summed E-state index contributed by atoms with van der Waals surface area (Å²) in [6.07, 6.45) is 1.79. The maximum absolute atomic E-state index is 13.7. The van der Waals surface area contributed by atoms with Gasteiger partial charge in [-0.15, -0.1) is 0 Å². The molecule has 3 nitrogen and oxygen atoms in total. The fourth-order valence-corrected chi connectivity index (χ4v) is 2.93. The van der Waals surface area contributed by atoms with Crippen molar-refractivity contribution in [3.8, 4) is 5.75 Å². The van der Waals surface area contributed by atoms with E-state index in [-0.39, 0.29) is 17.9 Å². The van der Waals surface area contributed by atoms with Crippen molar-refractivity contribution in [2.24, 2.45) is 0 Å². The highest BCUT2D eigenvalue weighted by Crippen LogP contribution is 2.26. The minimum absolute atomic E-state index is 0.0108. The quantitative estimate of drug-likeness (QED) is 0.901. The van der Waals surface area contributed by atoms with Crippen LogP contribution in [0.2, 0.25) is 0 Å². The third-order valence-corrected chi connectivity index (χ3v) is 4.28. The van der Waals surface area contributed by atoms with Crippen molar-refractivity contribution in [3.63, 3.8) is 0 Å². The lowest BCUT2D eigenvalue weighted by Gasteiger charge is -2.28. The molecule has 1 aliphatic rings. The molecule has 0 saturated carbocycles. The number of nitrogens with zero attached hydrogens (tertiary/aromatic N) is 1. The van der Waals surface area contributed by atoms with Crippen LogP contribution in [0.4, 0.5) is 8.78 Å². The van der Waals surface area contributed by atoms with Crippen LogP contribution in [0.15, 0.2) is 48.5 Å². The Bertz CT molecular complexity index is 744. The molecule has 0 fully saturated rings. The monoisotopic (exact) mass is 331 g/mol. The van der Waals surface area contributed by atoms with Gasteiger partial charge in [0.15, 0.2) is 0 Å². The first-order valence-electron chi connectivity index (χ1n) is 7.87. The Morgan fingerprint density at radius 2 is 1.83 bits per heavy atom. The number of β-amino-alcohol motifs (C(OH)–C–C–N with tert-alkyl or cyclic N) is 1. The first-order valence-corrected chi connectivity index (χ1v) is 7.87. The Balaban J connectivity index is 1.64. The molecule has 0 unspecified atom stereocenters. The van der Waals surface area contributed by atoms with Crippen molar-refractivity contribution in [3.05, 3.63) is 71.3 Å². The summed E-state index contributed by atoms with van der Waals surface area (Å²) >= 11 is 0. The number of hydrogen-bond donors (Lipinski definition) is 2. The molecule has 5 heteroatoms. The summed E-state index contributed by atoms with van der Waals surface area (Å²) in [4.78, 5) is 2.00. The fourth-order valence-electron chi connectivity index (χ4n) is 2.93. The highest BCUT2D eigenvalue weighted by molar-refractivity contribution is 5.67. The van der Waals surface area contributed by atoms with Gasteiger partial charge in [0, 0.05) is 25.2 Å². The lowest BCUT2D eigenvalue weighted by molar-refractivity contribution is 0.115. The molecule has 0 aliphatic carbocycles. The Morgan fingerprint density at radius 3 is 2.50 bits per heavy atom. The van der Waals surface area contributed by atoms with Crippen LogP contribution < -0.4 is 0 Å². The number of aromatic hydroxyl groups is 1. The summed E-state index contributed by atoms with van der Waals surface area (Å²) in [7, 11) is 0. The zero-order valence-corrected chi connectivity index (χ0v) is 13.1. The first kappa shape index (κ1) is 16.6. The highest BCUT2D eigenvalue weighted by Gasteiger charge is 2.20. The second kappa shape index (κ2) is 7.11. The van der Waals surface area contributed by atoms with Crippen molar-refractivity contribution in [2.45, 2.75) is 12.5 Å². The molecule has 2 aromatic carbocycles. The largest absolute Gasteiger partial charge is 0.508 e. The zero-order valence-electron chi connectivity index (χ0n) is 13.1. The van der Waals surface area contributed by atoms with E-state index in [4.69, 9.17) is 0 Å². The maximum atomic E-state index is 13.7. The van der Waals surface area contributed by atoms with E-state index in [0.717, 1.165) is 36.7 Å². The van der Waals surface area contributed by atoms with Crippen LogP contribution in [0, 0.1) is 11.6 Å². The molecule has 24 heavy (non-hydrogen) atoms. The summed E-state index contributed by atoms with van der Waals surface area (Å²) in [5.41, 5.74) is 2.23. The van der Waals surface area contributed by atoms with E-state index in [0.29, 0.717) is 6.54 Å². The van der Waals surface area contributed by atoms with Gasteiger partial charge in [-0.25, -0.2) is 8.78 Å². The van der Waals surface area contributed by atoms with Crippen LogP contribution in [0.3, 0.4) is 0 Å². The average molecular weight is 331 g/mol. The molecule has 1 aliphatic heterocycles. The molecule has 0 aromatic heterocycles. The number of aliphatic hydroxyl groups excluding tert-OH is 1. The van der Waals surface area contributed by atoms with Crippen molar-refractivity contribution in [1.29, 1.82) is 0 Å². The van der Waals surface area contributed by atoms with Gasteiger partial charge in [-0.2, -0.15) is 0 Å². The van der Waals surface area contributed by atoms with E-state index in [1.165, 1.54) is 5.57 Å². The fraction of sp³-hybridized carbons (Fsp3) is 0.263. The second-order valence-electron chi connectivity index (χ2n) is 5.97. The predicted molar refractivity (Wildman–Crippen MR) is 88.5 cm³/mol. The van der Waals surface area contributed by atoms with Gasteiger partial charge in [0.05, 0.1) is 6.10 Å². The number of rotatable bonds is 4. The minimum atomic E-state index is -1.07. The number of aliphatic hydroxyl groups is 1. The topological polar surface area (TPSA) is 43.7 Å². The number of hydrogen-bond acceptors (Lipinski definition) is 3. The molecule has 2 N–H and O–H groups in total. The Hall–Kier alpha value is -2.24. The van der Waals surface area contributed by atoms with E-state index < -0.39 is 17.7 Å². The van der Waals surface area contributed by atoms with E-state index in [9.17, 15) is 19.0 Å². The standard InChI is InChI=1S/C19H19F2NO2/c20-15-3-6-18(21)17(11-15)19(24)12-22-9-7-14(8-10-22)13-1-4-16(23)5-2-13/h1-7,11,19,23-24H,8-10,12H2/t19-/m0/s1. The first-order chi connectivity index (χ1) is 11.5. The summed E-state index contributed by atoms with van der Waals surface area (Å²) in [6.45, 7) is 1.60. The van der Waals surface area contributed by atoms with Crippen LogP contribution in [0.5, 0.6) is 5.75 Å². The van der Waals surface area contributed by atoms with Crippen LogP contribution >= 0.6 is 0 Å². The smallest absolute Gasteiger partial charge is 0.129 e. The van der Waals surface area contributed by atoms with Crippen molar-refractivity contribution in [1.82, 2.24) is 4.90 Å². The Morgan fingerprint density at radius 1 is 1.08 bits per heavy atom. The van der Waals surface area contributed by atoms with Crippen molar-refractivity contribution < 1.29 is 19.0 Å². The molecule has 3 rings (SSSR count). The third kappa shape index (κ3) is 3.80. The molecular weight excluding hydrogens is 312 g/mol. The molecule has 1 heterocycles. The van der Waals surface area contributed by atoms with Crippen LogP contribution in [0.25, 0.3) is 5.57 Å². The molecule has 0 spiro atoms. The summed E-state index contributed by atoms with van der Waals surface area (Å²) < 4.78 is 26.9. The van der Waals surface area contributed by atoms with Gasteiger partial charge in [0.25, 0.3) is 0 Å². The van der Waals surface area contributed by atoms with Gasteiger partial charge in [-0.3, -0.25) is 4.90 Å². The zero-order chi connectivity index (χ0) is 17.1. The summed E-state index contributed by atoms with van der Waals surface area (Å²) in [6, 6.07) is 10.2. The van der Waals surface area contributed by atoms with E-state index in [2.05, 4.69) is 6.08 Å². The number of phenols is 1. The average Bonchev–Trinajstić information content (AvgIpc) is 2.58. The van der Waals surface area contributed by atoms with Crippen LogP contribution in [0.1, 0.15) is 23.7 Å². The van der Waals surface area contributed by atoms with Crippen molar-refractivity contribution >= 4 is 5.57 Å². The molecule has 126 valence electrons. The molecule has 0 amide bonds. The minimum Gasteiger partial charge on any atom is -0.508 e. The van der Waals surface area contributed by atoms with Crippen LogP contribution in [-0.4, -0.2) is 34.7 Å². The summed E-state index contributed by atoms with van der Waals surface area (Å²) in [5.74, 6) is -0.920. The van der Waals surface area contributed by atoms with Gasteiger partial charge in [0.1, 0.15) is 17.4 Å². The summed E-state index contributed by atoms with van der Waals surface area (Å²) in [5, 5.41) is 19.5. The lowest BCUT2D eigenvalue weighted by atomic mass is 9.99. The van der Waals surface area contributed by atoms with Crippen LogP contribution in [-0.2, 0) is 0 Å². The second-order valence-corrected chi connectivity index (χ2v) is 5.97. The molecule has 0 saturated heterocycles. The van der Waals surface area contributed by atoms with Gasteiger partial charge in [0.2, 0.25) is 0 Å². The van der Waals surface area contributed by atoms with E-state index >= 15 is 0 Å². The van der Waals surface area contributed by atoms with Gasteiger partial charge >= 0.3 is 0 Å². The molecule has 1 atom stereocenters. The highest BCUT2D eigenvalue weighted by atomic mass is 19.1. The molecule has 2 aromatic rings. The van der Waals surface area contributed by atoms with Gasteiger partial charge in [-0.1, -0.05) is 18.2 Å². The normalized spacial score (nSPS) is 16.7. The Labute approximate surface area is 139 Å². The molecular formula is C19H19F2NO2. The van der Waals surface area contributed by atoms with E-state index in [1.54, 1.807) is 12.1 Å². The number of halogens is 2. The SMILES string of the molecule is Oc1ccc(C2=CCN(C[C@H](O)c3cc(F)ccc3F)CC2)cc1. The van der Waals surface area contributed by atoms with Crippen molar-refractivity contribution in [2.75, 3.05) is 19.6 Å². The lowest BCUT2D eigenvalue weighted by Crippen LogP contribution is -2.32.